The molecule has 3 rings (SSSR count). The van der Waals surface area contributed by atoms with Crippen LogP contribution in [0.15, 0.2) is 60.7 Å². The van der Waals surface area contributed by atoms with Crippen LogP contribution in [-0.2, 0) is 19.1 Å². The number of para-hydroxylation sites is 1. The van der Waals surface area contributed by atoms with Crippen molar-refractivity contribution < 1.29 is 23.9 Å². The number of ether oxygens (including phenoxy) is 2. The Balaban J connectivity index is 1.43. The number of aryl methyl sites for hydroxylation is 2. The number of amides is 2. The highest BCUT2D eigenvalue weighted by Gasteiger charge is 2.19. The van der Waals surface area contributed by atoms with E-state index in [-0.39, 0.29) is 19.1 Å². The molecular formula is C25H26N2O5. The molecule has 2 N–H and O–H groups in total. The average molecular weight is 434 g/mol. The van der Waals surface area contributed by atoms with Gasteiger partial charge in [0.05, 0.1) is 6.54 Å². The summed E-state index contributed by atoms with van der Waals surface area (Å²) in [7, 11) is 0. The Kier molecular flexibility index (Phi) is 7.44. The monoisotopic (exact) mass is 434 g/mol. The van der Waals surface area contributed by atoms with Gasteiger partial charge in [-0.1, -0.05) is 48.5 Å². The molecule has 0 aliphatic carbocycles. The molecule has 32 heavy (non-hydrogen) atoms. The molecule has 0 saturated heterocycles. The lowest BCUT2D eigenvalue weighted by Gasteiger charge is -2.15. The van der Waals surface area contributed by atoms with Gasteiger partial charge in [0, 0.05) is 5.69 Å². The molecular weight excluding hydrogens is 408 g/mol. The molecule has 0 aliphatic heterocycles. The predicted octanol–water partition coefficient (Wildman–Crippen LogP) is 3.52. The summed E-state index contributed by atoms with van der Waals surface area (Å²) in [6, 6.07) is 19.0. The Bertz CT molecular complexity index is 1120. The molecule has 0 fully saturated rings. The number of anilines is 1. The van der Waals surface area contributed by atoms with Gasteiger partial charge in [0.2, 0.25) is 5.91 Å². The fraction of sp³-hybridized carbons (Fsp3) is 0.240. The molecule has 0 aromatic heterocycles. The smallest absolute Gasteiger partial charge is 0.344 e. The highest BCUT2D eigenvalue weighted by molar-refractivity contribution is 5.96. The average Bonchev–Trinajstić information content (AvgIpc) is 2.78. The third-order valence-electron chi connectivity index (χ3n) is 4.92. The van der Waals surface area contributed by atoms with Gasteiger partial charge in [-0.3, -0.25) is 9.59 Å². The van der Waals surface area contributed by atoms with Gasteiger partial charge in [-0.05, 0) is 54.8 Å². The van der Waals surface area contributed by atoms with E-state index >= 15 is 0 Å². The Labute approximate surface area is 186 Å². The van der Waals surface area contributed by atoms with E-state index in [0.29, 0.717) is 5.75 Å². The van der Waals surface area contributed by atoms with E-state index in [1.807, 2.05) is 68.4 Å². The van der Waals surface area contributed by atoms with Gasteiger partial charge in [-0.15, -0.1) is 0 Å². The van der Waals surface area contributed by atoms with E-state index in [2.05, 4.69) is 10.6 Å². The van der Waals surface area contributed by atoms with Crippen LogP contribution in [0.25, 0.3) is 10.8 Å². The van der Waals surface area contributed by atoms with E-state index in [1.165, 1.54) is 6.92 Å². The Morgan fingerprint density at radius 3 is 2.31 bits per heavy atom. The summed E-state index contributed by atoms with van der Waals surface area (Å²) in [6.07, 6.45) is -1.06. The number of carbonyl (C=O) groups is 3. The van der Waals surface area contributed by atoms with E-state index in [4.69, 9.17) is 9.47 Å². The quantitative estimate of drug-likeness (QED) is 0.529. The second-order valence-corrected chi connectivity index (χ2v) is 7.46. The molecule has 0 aliphatic rings. The molecule has 166 valence electrons. The second-order valence-electron chi connectivity index (χ2n) is 7.46. The molecule has 2 amide bonds. The minimum atomic E-state index is -1.06. The van der Waals surface area contributed by atoms with Crippen LogP contribution < -0.4 is 15.4 Å². The molecule has 0 bridgehead atoms. The summed E-state index contributed by atoms with van der Waals surface area (Å²) >= 11 is 0. The molecule has 1 unspecified atom stereocenters. The van der Waals surface area contributed by atoms with Crippen molar-refractivity contribution in [1.29, 1.82) is 0 Å². The molecule has 7 nitrogen and oxygen atoms in total. The van der Waals surface area contributed by atoms with Crippen molar-refractivity contribution in [3.05, 3.63) is 71.8 Å². The standard InChI is InChI=1S/C25H26N2O5/c1-16-7-6-8-17(2)24(16)27-22(28)14-26-25(30)18(3)32-23(29)15-31-21-12-11-19-9-4-5-10-20(19)13-21/h4-13,18H,14-15H2,1-3H3,(H,26,30)(H,27,28). The fourth-order valence-corrected chi connectivity index (χ4v) is 3.19. The molecule has 3 aromatic carbocycles. The highest BCUT2D eigenvalue weighted by atomic mass is 16.6. The zero-order valence-corrected chi connectivity index (χ0v) is 18.3. The number of carbonyl (C=O) groups excluding carboxylic acids is 3. The van der Waals surface area contributed by atoms with Gasteiger partial charge in [-0.2, -0.15) is 0 Å². The van der Waals surface area contributed by atoms with E-state index in [0.717, 1.165) is 27.6 Å². The highest BCUT2D eigenvalue weighted by Crippen LogP contribution is 2.21. The van der Waals surface area contributed by atoms with Crippen LogP contribution in [0.1, 0.15) is 18.1 Å². The zero-order chi connectivity index (χ0) is 23.1. The van der Waals surface area contributed by atoms with Gasteiger partial charge < -0.3 is 20.1 Å². The van der Waals surface area contributed by atoms with Crippen molar-refractivity contribution >= 4 is 34.2 Å². The van der Waals surface area contributed by atoms with E-state index in [9.17, 15) is 14.4 Å². The summed E-state index contributed by atoms with van der Waals surface area (Å²) in [4.78, 5) is 36.4. The maximum absolute atomic E-state index is 12.2. The molecule has 7 heteroatoms. The minimum Gasteiger partial charge on any atom is -0.482 e. The minimum absolute atomic E-state index is 0.234. The molecule has 0 heterocycles. The van der Waals surface area contributed by atoms with Crippen LogP contribution in [0, 0.1) is 13.8 Å². The molecule has 1 atom stereocenters. The van der Waals surface area contributed by atoms with Crippen molar-refractivity contribution in [3.8, 4) is 5.75 Å². The van der Waals surface area contributed by atoms with Crippen molar-refractivity contribution in [2.24, 2.45) is 0 Å². The molecule has 0 spiro atoms. The number of rotatable bonds is 8. The van der Waals surface area contributed by atoms with Crippen LogP contribution in [0.4, 0.5) is 5.69 Å². The van der Waals surface area contributed by atoms with Crippen molar-refractivity contribution in [3.63, 3.8) is 0 Å². The largest absolute Gasteiger partial charge is 0.482 e. The molecule has 3 aromatic rings. The summed E-state index contributed by atoms with van der Waals surface area (Å²) in [5.41, 5.74) is 2.58. The number of esters is 1. The first kappa shape index (κ1) is 22.8. The maximum Gasteiger partial charge on any atom is 0.344 e. The summed E-state index contributed by atoms with van der Waals surface area (Å²) < 4.78 is 10.6. The van der Waals surface area contributed by atoms with Gasteiger partial charge >= 0.3 is 5.97 Å². The van der Waals surface area contributed by atoms with Crippen molar-refractivity contribution in [2.45, 2.75) is 26.9 Å². The number of fused-ring (bicyclic) bond motifs is 1. The van der Waals surface area contributed by atoms with E-state index in [1.54, 1.807) is 6.07 Å². The first-order chi connectivity index (χ1) is 15.3. The molecule has 0 radical (unpaired) electrons. The Morgan fingerprint density at radius 2 is 1.59 bits per heavy atom. The van der Waals surface area contributed by atoms with Gasteiger partial charge in [-0.25, -0.2) is 4.79 Å². The first-order valence-electron chi connectivity index (χ1n) is 10.3. The number of benzene rings is 3. The summed E-state index contributed by atoms with van der Waals surface area (Å²) in [6.45, 7) is 4.66. The summed E-state index contributed by atoms with van der Waals surface area (Å²) in [5, 5.41) is 7.31. The van der Waals surface area contributed by atoms with Crippen LogP contribution >= 0.6 is 0 Å². The Hall–Kier alpha value is -3.87. The zero-order valence-electron chi connectivity index (χ0n) is 18.3. The lowest BCUT2D eigenvalue weighted by molar-refractivity contribution is -0.156. The van der Waals surface area contributed by atoms with Gasteiger partial charge in [0.25, 0.3) is 5.91 Å². The SMILES string of the molecule is Cc1cccc(C)c1NC(=O)CNC(=O)C(C)OC(=O)COc1ccc2ccccc2c1. The van der Waals surface area contributed by atoms with Gasteiger partial charge in [0.15, 0.2) is 12.7 Å². The predicted molar refractivity (Wildman–Crippen MR) is 123 cm³/mol. The van der Waals surface area contributed by atoms with Crippen LogP contribution in [-0.4, -0.2) is 37.0 Å². The van der Waals surface area contributed by atoms with Crippen molar-refractivity contribution in [1.82, 2.24) is 5.32 Å². The van der Waals surface area contributed by atoms with E-state index < -0.39 is 18.0 Å². The van der Waals surface area contributed by atoms with Crippen LogP contribution in [0.2, 0.25) is 0 Å². The summed E-state index contributed by atoms with van der Waals surface area (Å²) in [5.74, 6) is -1.09. The fourth-order valence-electron chi connectivity index (χ4n) is 3.19. The Morgan fingerprint density at radius 1 is 0.906 bits per heavy atom. The molecule has 0 saturated carbocycles. The lowest BCUT2D eigenvalue weighted by Crippen LogP contribution is -2.40. The normalized spacial score (nSPS) is 11.5. The third-order valence-corrected chi connectivity index (χ3v) is 4.92. The number of hydrogen-bond acceptors (Lipinski definition) is 5. The topological polar surface area (TPSA) is 93.7 Å². The van der Waals surface area contributed by atoms with Crippen LogP contribution in [0.3, 0.4) is 0 Å². The maximum atomic E-state index is 12.2. The van der Waals surface area contributed by atoms with Gasteiger partial charge in [0.1, 0.15) is 5.75 Å². The second kappa shape index (κ2) is 10.4. The third kappa shape index (κ3) is 6.07. The van der Waals surface area contributed by atoms with Crippen molar-refractivity contribution in [2.75, 3.05) is 18.5 Å². The first-order valence-corrected chi connectivity index (χ1v) is 10.3. The van der Waals surface area contributed by atoms with Crippen LogP contribution in [0.5, 0.6) is 5.75 Å². The number of nitrogens with one attached hydrogen (secondary N) is 2. The number of hydrogen-bond donors (Lipinski definition) is 2. The lowest BCUT2D eigenvalue weighted by atomic mass is 10.1.